The van der Waals surface area contributed by atoms with E-state index in [1.54, 1.807) is 18.3 Å². The summed E-state index contributed by atoms with van der Waals surface area (Å²) in [5, 5.41) is 11.9. The molecule has 17 heavy (non-hydrogen) atoms. The van der Waals surface area contributed by atoms with Gasteiger partial charge in [0.1, 0.15) is 5.67 Å². The highest BCUT2D eigenvalue weighted by atomic mass is 35.5. The van der Waals surface area contributed by atoms with Crippen molar-refractivity contribution in [1.82, 2.24) is 10.3 Å². The Balaban J connectivity index is 0.00000144. The average Bonchev–Trinajstić information content (AvgIpc) is 2.29. The fourth-order valence-electron chi connectivity index (χ4n) is 2.02. The topological polar surface area (TPSA) is 48.7 Å². The zero-order chi connectivity index (χ0) is 11.4. The van der Waals surface area contributed by atoms with Crippen LogP contribution in [0.1, 0.15) is 24.1 Å². The fraction of sp³-hybridized carbons (Fsp3) is 0.500. The van der Waals surface area contributed by atoms with Gasteiger partial charge in [-0.1, -0.05) is 0 Å². The SMILES string of the molecule is Cl.N#Cc1ccnc(CC2(F)CCNCC2)c1. The van der Waals surface area contributed by atoms with E-state index in [1.807, 2.05) is 6.07 Å². The van der Waals surface area contributed by atoms with Gasteiger partial charge in [-0.2, -0.15) is 5.26 Å². The van der Waals surface area contributed by atoms with Crippen LogP contribution in [0.5, 0.6) is 0 Å². The van der Waals surface area contributed by atoms with Gasteiger partial charge >= 0.3 is 0 Å². The van der Waals surface area contributed by atoms with Crippen molar-refractivity contribution in [3.05, 3.63) is 29.6 Å². The summed E-state index contributed by atoms with van der Waals surface area (Å²) in [7, 11) is 0. The van der Waals surface area contributed by atoms with Crippen LogP contribution in [0, 0.1) is 11.3 Å². The molecule has 0 spiro atoms. The van der Waals surface area contributed by atoms with Crippen LogP contribution in [-0.2, 0) is 6.42 Å². The Morgan fingerprint density at radius 3 is 2.82 bits per heavy atom. The number of hydrogen-bond donors (Lipinski definition) is 1. The van der Waals surface area contributed by atoms with Crippen LogP contribution < -0.4 is 5.32 Å². The Morgan fingerprint density at radius 2 is 2.18 bits per heavy atom. The Labute approximate surface area is 106 Å². The summed E-state index contributed by atoms with van der Waals surface area (Å²) in [4.78, 5) is 4.12. The quantitative estimate of drug-likeness (QED) is 0.880. The Kier molecular flexibility index (Phi) is 4.86. The molecular weight excluding hydrogens is 241 g/mol. The Morgan fingerprint density at radius 1 is 1.47 bits per heavy atom. The number of halogens is 2. The number of nitrogens with zero attached hydrogens (tertiary/aromatic N) is 2. The summed E-state index contributed by atoms with van der Waals surface area (Å²) in [6.07, 6.45) is 2.92. The molecule has 1 aliphatic heterocycles. The fourth-order valence-corrected chi connectivity index (χ4v) is 2.02. The minimum atomic E-state index is -1.16. The first-order chi connectivity index (χ1) is 7.72. The molecular formula is C12H15ClFN3. The Bertz CT molecular complexity index is 410. The summed E-state index contributed by atoms with van der Waals surface area (Å²) >= 11 is 0. The third kappa shape index (κ3) is 3.65. The van der Waals surface area contributed by atoms with Crippen molar-refractivity contribution < 1.29 is 4.39 Å². The number of piperidine rings is 1. The van der Waals surface area contributed by atoms with Gasteiger partial charge in [-0.05, 0) is 38.1 Å². The van der Waals surface area contributed by atoms with Gasteiger partial charge < -0.3 is 5.32 Å². The lowest BCUT2D eigenvalue weighted by Gasteiger charge is -2.29. The highest BCUT2D eigenvalue weighted by Crippen LogP contribution is 2.27. The molecule has 0 saturated carbocycles. The number of pyridine rings is 1. The third-order valence-corrected chi connectivity index (χ3v) is 2.94. The van der Waals surface area contributed by atoms with Crippen molar-refractivity contribution >= 4 is 12.4 Å². The van der Waals surface area contributed by atoms with Gasteiger partial charge in [0.05, 0.1) is 11.6 Å². The number of nitrogens with one attached hydrogen (secondary N) is 1. The molecule has 1 aliphatic rings. The second-order valence-corrected chi connectivity index (χ2v) is 4.23. The normalized spacial score (nSPS) is 17.9. The molecule has 1 fully saturated rings. The van der Waals surface area contributed by atoms with E-state index >= 15 is 0 Å². The van der Waals surface area contributed by atoms with Crippen LogP contribution in [0.15, 0.2) is 18.3 Å². The smallest absolute Gasteiger partial charge is 0.119 e. The lowest BCUT2D eigenvalue weighted by molar-refractivity contribution is 0.115. The van der Waals surface area contributed by atoms with Crippen molar-refractivity contribution in [3.8, 4) is 6.07 Å². The summed E-state index contributed by atoms with van der Waals surface area (Å²) in [5.74, 6) is 0. The van der Waals surface area contributed by atoms with Crippen LogP contribution in [-0.4, -0.2) is 23.7 Å². The first-order valence-corrected chi connectivity index (χ1v) is 5.47. The molecule has 1 aromatic rings. The first kappa shape index (κ1) is 13.9. The van der Waals surface area contributed by atoms with Crippen molar-refractivity contribution in [2.45, 2.75) is 24.9 Å². The van der Waals surface area contributed by atoms with Gasteiger partial charge in [-0.3, -0.25) is 4.98 Å². The van der Waals surface area contributed by atoms with E-state index in [9.17, 15) is 4.39 Å². The van der Waals surface area contributed by atoms with E-state index in [0.717, 1.165) is 0 Å². The summed E-state index contributed by atoms with van der Waals surface area (Å²) in [5.41, 5.74) is 0.0535. The van der Waals surface area contributed by atoms with Crippen LogP contribution >= 0.6 is 12.4 Å². The van der Waals surface area contributed by atoms with Crippen LogP contribution in [0.2, 0.25) is 0 Å². The van der Waals surface area contributed by atoms with Gasteiger partial charge in [0, 0.05) is 18.3 Å². The first-order valence-electron chi connectivity index (χ1n) is 5.47. The number of rotatable bonds is 2. The molecule has 1 aromatic heterocycles. The van der Waals surface area contributed by atoms with E-state index in [4.69, 9.17) is 5.26 Å². The average molecular weight is 256 g/mol. The number of nitriles is 1. The maximum Gasteiger partial charge on any atom is 0.119 e. The van der Waals surface area contributed by atoms with Crippen molar-refractivity contribution in [1.29, 1.82) is 5.26 Å². The molecule has 5 heteroatoms. The molecule has 0 atom stereocenters. The second-order valence-electron chi connectivity index (χ2n) is 4.23. The van der Waals surface area contributed by atoms with Gasteiger partial charge in [-0.15, -0.1) is 12.4 Å². The second kappa shape index (κ2) is 5.95. The van der Waals surface area contributed by atoms with Crippen molar-refractivity contribution in [2.75, 3.05) is 13.1 Å². The van der Waals surface area contributed by atoms with Crippen LogP contribution in [0.4, 0.5) is 4.39 Å². The molecule has 92 valence electrons. The van der Waals surface area contributed by atoms with Gasteiger partial charge in [0.2, 0.25) is 0 Å². The molecule has 0 aromatic carbocycles. The standard InChI is InChI=1S/C12H14FN3.ClH/c13-12(2-5-15-6-3-12)8-11-7-10(9-14)1-4-16-11;/h1,4,7,15H,2-3,5-6,8H2;1H. The van der Waals surface area contributed by atoms with Crippen molar-refractivity contribution in [2.24, 2.45) is 0 Å². The molecule has 0 bridgehead atoms. The predicted octanol–water partition coefficient (Wildman–Crippen LogP) is 2.01. The molecule has 2 heterocycles. The zero-order valence-electron chi connectivity index (χ0n) is 9.45. The van der Waals surface area contributed by atoms with Crippen LogP contribution in [0.25, 0.3) is 0 Å². The highest BCUT2D eigenvalue weighted by Gasteiger charge is 2.32. The Hall–Kier alpha value is -1.18. The predicted molar refractivity (Wildman–Crippen MR) is 65.8 cm³/mol. The van der Waals surface area contributed by atoms with Gasteiger partial charge in [0.25, 0.3) is 0 Å². The largest absolute Gasteiger partial charge is 0.316 e. The molecule has 0 aliphatic carbocycles. The van der Waals surface area contributed by atoms with Crippen LogP contribution in [0.3, 0.4) is 0 Å². The molecule has 0 radical (unpaired) electrons. The minimum Gasteiger partial charge on any atom is -0.316 e. The molecule has 0 amide bonds. The number of aromatic nitrogens is 1. The van der Waals surface area contributed by atoms with E-state index in [-0.39, 0.29) is 12.4 Å². The summed E-state index contributed by atoms with van der Waals surface area (Å²) in [6.45, 7) is 1.43. The van der Waals surface area contributed by atoms with E-state index in [2.05, 4.69) is 10.3 Å². The number of hydrogen-bond acceptors (Lipinski definition) is 3. The lowest BCUT2D eigenvalue weighted by Crippen LogP contribution is -2.40. The van der Waals surface area contributed by atoms with Gasteiger partial charge in [0.15, 0.2) is 0 Å². The monoisotopic (exact) mass is 255 g/mol. The molecule has 1 N–H and O–H groups in total. The molecule has 1 saturated heterocycles. The molecule has 3 nitrogen and oxygen atoms in total. The van der Waals surface area contributed by atoms with Crippen molar-refractivity contribution in [3.63, 3.8) is 0 Å². The van der Waals surface area contributed by atoms with E-state index in [0.29, 0.717) is 43.6 Å². The highest BCUT2D eigenvalue weighted by molar-refractivity contribution is 5.85. The third-order valence-electron chi connectivity index (χ3n) is 2.94. The molecule has 0 unspecified atom stereocenters. The number of alkyl halides is 1. The van der Waals surface area contributed by atoms with E-state index in [1.165, 1.54) is 0 Å². The minimum absolute atomic E-state index is 0. The summed E-state index contributed by atoms with van der Waals surface area (Å²) in [6, 6.07) is 5.35. The molecule has 2 rings (SSSR count). The van der Waals surface area contributed by atoms with Gasteiger partial charge in [-0.25, -0.2) is 4.39 Å². The lowest BCUT2D eigenvalue weighted by atomic mass is 9.89. The van der Waals surface area contributed by atoms with E-state index < -0.39 is 5.67 Å². The summed E-state index contributed by atoms with van der Waals surface area (Å²) < 4.78 is 14.3. The zero-order valence-corrected chi connectivity index (χ0v) is 10.3. The maximum absolute atomic E-state index is 14.3. The maximum atomic E-state index is 14.3.